The minimum atomic E-state index is -1.57. The summed E-state index contributed by atoms with van der Waals surface area (Å²) < 4.78 is 53.4. The zero-order valence-corrected chi connectivity index (χ0v) is 79.8. The zero-order chi connectivity index (χ0) is 93.8. The average Bonchev–Trinajstić information content (AvgIpc) is 0.907. The van der Waals surface area contributed by atoms with Crippen molar-refractivity contribution in [3.05, 3.63) is 184 Å². The van der Waals surface area contributed by atoms with Gasteiger partial charge >= 0.3 is 74.1 Å². The number of nitrogens with zero attached hydrogens (tertiary/aromatic N) is 3. The van der Waals surface area contributed by atoms with E-state index in [-0.39, 0.29) is 132 Å². The maximum absolute atomic E-state index is 12.7. The summed E-state index contributed by atoms with van der Waals surface area (Å²) in [5.74, 6) is -1.68. The third-order valence-electron chi connectivity index (χ3n) is 20.3. The number of hydrogen-bond donors (Lipinski definition) is 4. The molecule has 11 rings (SSSR count). The van der Waals surface area contributed by atoms with Gasteiger partial charge in [-0.05, 0) is 313 Å². The third-order valence-corrected chi connectivity index (χ3v) is 23.4. The predicted octanol–water partition coefficient (Wildman–Crippen LogP) is 14.7. The molecule has 32 heteroatoms. The number of carbonyl (C=O) groups excluding carboxylic acids is 12. The molecule has 712 valence electrons. The SMILES string of the molecule is C.C.C.CC(C)(C)OC(=O)N1CCC=CC1=O.CCOC(=O)c1cccc(B(O)O)c1.CCOC(=O)c1cccc([C@H]2CCN(C(=O)OC(C)(C)C)C(=O)C2)c1.CCOC(=O)c1cccc([C@H]2CCN(C(=O)OC(C)(C)C)C(=O)[C@@H]2C)c1.CCOC(=O)c1cccc([C@H]2CCNC(=O)[C@@H]2C)c1.CCOC(=O)c1cccc([C@H]2CCNC[C@@H]2C)c1.[2H]CS(C)(I)C1CCCO1.[H-].[Li+]. The number of esters is 5. The Morgan fingerprint density at radius 1 is 0.527 bits per heavy atom. The minimum Gasteiger partial charge on any atom is -1.00 e. The normalized spacial score (nSPS) is 19.9. The van der Waals surface area contributed by atoms with E-state index in [1.54, 1.807) is 158 Å². The smallest absolute Gasteiger partial charge is 1.00 e. The molecule has 5 aromatic rings. The van der Waals surface area contributed by atoms with Gasteiger partial charge in [-0.3, -0.25) is 19.2 Å². The van der Waals surface area contributed by atoms with Crippen LogP contribution >= 0.6 is 28.4 Å². The Morgan fingerprint density at radius 3 is 1.33 bits per heavy atom. The summed E-state index contributed by atoms with van der Waals surface area (Å²) in [5, 5.41) is 24.0. The van der Waals surface area contributed by atoms with Crippen LogP contribution in [-0.4, -0.2) is 217 Å². The van der Waals surface area contributed by atoms with Crippen molar-refractivity contribution in [1.82, 2.24) is 25.3 Å². The molecular weight excluding hydrogens is 1780 g/mol. The molecule has 0 spiro atoms. The number of amides is 7. The molecule has 4 N–H and O–H groups in total. The molecule has 28 nitrogen and oxygen atoms in total. The Labute approximate surface area is 794 Å². The number of ether oxygens (including phenoxy) is 9. The molecule has 6 aliphatic rings. The van der Waals surface area contributed by atoms with Gasteiger partial charge in [0.2, 0.25) is 17.7 Å². The second-order valence-corrected chi connectivity index (χ2v) is 42.3. The Balaban J connectivity index is 0.00000152. The largest absolute Gasteiger partial charge is 1.00 e. The van der Waals surface area contributed by atoms with E-state index in [9.17, 15) is 57.5 Å². The zero-order valence-electron chi connectivity index (χ0n) is 78.8. The maximum atomic E-state index is 12.7. The van der Waals surface area contributed by atoms with Crippen LogP contribution in [0.1, 0.15) is 292 Å². The van der Waals surface area contributed by atoms with E-state index in [1.807, 2.05) is 62.4 Å². The minimum absolute atomic E-state index is 0. The molecule has 2 unspecified atom stereocenters. The summed E-state index contributed by atoms with van der Waals surface area (Å²) in [6.07, 6.45) is 10.7. The van der Waals surface area contributed by atoms with E-state index in [2.05, 4.69) is 51.1 Å². The van der Waals surface area contributed by atoms with Gasteiger partial charge in [-0.15, -0.1) is 0 Å². The summed E-state index contributed by atoms with van der Waals surface area (Å²) in [4.78, 5) is 146. The summed E-state index contributed by atoms with van der Waals surface area (Å²) in [6.45, 7) is 37.2. The number of piperidine rings is 4. The van der Waals surface area contributed by atoms with Crippen LogP contribution < -0.4 is 35.0 Å². The van der Waals surface area contributed by atoms with Gasteiger partial charge in [0.05, 0.1) is 66.3 Å². The molecule has 0 bridgehead atoms. The van der Waals surface area contributed by atoms with Gasteiger partial charge in [0.25, 0.3) is 5.91 Å². The second-order valence-electron chi connectivity index (χ2n) is 33.7. The van der Waals surface area contributed by atoms with Gasteiger partial charge in [-0.25, -0.2) is 53.1 Å². The first-order chi connectivity index (χ1) is 59.4. The molecule has 5 saturated heterocycles. The van der Waals surface area contributed by atoms with Gasteiger partial charge in [0, 0.05) is 52.4 Å². The third kappa shape index (κ3) is 40.0. The molecule has 6 aliphatic heterocycles. The molecule has 0 saturated carbocycles. The van der Waals surface area contributed by atoms with Crippen LogP contribution in [0.25, 0.3) is 0 Å². The van der Waals surface area contributed by atoms with Gasteiger partial charge in [0.15, 0.2) is 0 Å². The number of halogens is 1. The molecule has 129 heavy (non-hydrogen) atoms. The van der Waals surface area contributed by atoms with E-state index in [4.69, 9.17) is 54.1 Å². The number of hydrogen-bond acceptors (Lipinski definition) is 24. The standard InChI is InChI=1S/C20H27NO5.C19H25NO5.C15H19NO3.C15H21NO2.C10H15NO3.C9H11BO4.C6H13IOS.3CH4.Li.H/c1-6-25-18(23)15-9-7-8-14(12-15)16-10-11-21(17(22)13(16)2)19(24)26-20(3,4)5;1-5-24-17(22)15-8-6-7-13(11-15)14-9-10-20(16(21)12-14)18(23)25-19(2,3)4;1-3-19-15(18)12-6-4-5-11(9-12)13-7-8-16-14(17)10(13)2;1-3-18-15(17)13-6-4-5-12(9-13)14-7-8-16-10-11(14)2;1-10(2,3)14-9(13)11-7-5-4-6-8(11)12;1-2-14-9(11)7-4-3-5-8(6-7)10(12)13;1-9(2,7)6-4-3-5-8-6;;;;;/h7-9,12-13,16H,6,10-11H2,1-5H3;6-8,11,14H,5,9-10,12H2,1-4H3;4-6,9-10,13H,3,7-8H2,1-2H3,(H,16,17);4-6,9,11,14,16H,3,7-8,10H2,1-2H3;4,6H,5,7H2,1-3H3;3-6,12-13H,2H2,1H3;6H,3-5H2,1-2H3;3*1H4;;/q;;;;;;;;;;+1;-1/t13-,16+;14-;10-,13+;11-,14-;;;;;;;;/m1010......../s1/i;;;;;;1D;;;;;. The molecule has 9 atom stereocenters. The molecule has 0 radical (unpaired) electrons. The number of benzene rings is 5. The van der Waals surface area contributed by atoms with E-state index in [1.165, 1.54) is 41.5 Å². The quantitative estimate of drug-likeness (QED) is 0.0308. The van der Waals surface area contributed by atoms with Gasteiger partial charge in [-0.1, -0.05) is 110 Å². The van der Waals surface area contributed by atoms with Crippen LogP contribution in [0.15, 0.2) is 133 Å². The van der Waals surface area contributed by atoms with E-state index < -0.39 is 55.4 Å². The molecular formula is C97H144BILiN5O23S. The van der Waals surface area contributed by atoms with Gasteiger partial charge in [-0.2, -0.15) is 7.20 Å². The van der Waals surface area contributed by atoms with Crippen LogP contribution in [0.4, 0.5) is 14.4 Å². The number of nitrogens with one attached hydrogen (secondary N) is 2. The fourth-order valence-corrected chi connectivity index (χ4v) is 16.3. The fourth-order valence-electron chi connectivity index (χ4n) is 14.1. The van der Waals surface area contributed by atoms with Crippen molar-refractivity contribution in [2.24, 2.45) is 17.8 Å². The Morgan fingerprint density at radius 2 is 0.922 bits per heavy atom. The van der Waals surface area contributed by atoms with E-state index >= 15 is 0 Å². The van der Waals surface area contributed by atoms with Crippen molar-refractivity contribution < 1.29 is 132 Å². The summed E-state index contributed by atoms with van der Waals surface area (Å²) in [6, 6.07) is 35.6. The maximum Gasteiger partial charge on any atom is 1.00 e. The Kier molecular flexibility index (Phi) is 51.7. The second kappa shape index (κ2) is 57.4. The monoisotopic (exact) mass is 1920 g/mol. The van der Waals surface area contributed by atoms with Crippen molar-refractivity contribution in [3.63, 3.8) is 0 Å². The van der Waals surface area contributed by atoms with Crippen LogP contribution in [0.2, 0.25) is 0 Å². The molecule has 0 aromatic heterocycles. The van der Waals surface area contributed by atoms with Gasteiger partial charge < -0.3 is 64.7 Å². The first-order valence-corrected chi connectivity index (χ1v) is 47.6. The number of likely N-dealkylation sites (tertiary alicyclic amines) is 2. The number of imide groups is 3. The molecule has 5 aromatic carbocycles. The van der Waals surface area contributed by atoms with Crippen molar-refractivity contribution in [2.75, 3.05) is 91.4 Å². The van der Waals surface area contributed by atoms with Crippen molar-refractivity contribution in [1.29, 1.82) is 0 Å². The molecule has 5 fully saturated rings. The van der Waals surface area contributed by atoms with Crippen LogP contribution in [0.3, 0.4) is 0 Å². The molecule has 0 aliphatic carbocycles. The Hall–Kier alpha value is -8.94. The molecule has 7 amide bonds. The predicted molar refractivity (Wildman–Crippen MR) is 511 cm³/mol. The van der Waals surface area contributed by atoms with Crippen molar-refractivity contribution in [3.8, 4) is 0 Å². The summed E-state index contributed by atoms with van der Waals surface area (Å²) >= 11 is 2.41. The van der Waals surface area contributed by atoms with E-state index in [0.29, 0.717) is 130 Å². The van der Waals surface area contributed by atoms with Crippen molar-refractivity contribution >= 4 is 113 Å². The van der Waals surface area contributed by atoms with Gasteiger partial charge in [0.1, 0.15) is 16.8 Å². The van der Waals surface area contributed by atoms with E-state index in [0.717, 1.165) is 59.0 Å². The number of rotatable bonds is 16. The van der Waals surface area contributed by atoms with Crippen molar-refractivity contribution in [2.45, 2.75) is 237 Å². The first-order valence-electron chi connectivity index (χ1n) is 43.5. The summed E-state index contributed by atoms with van der Waals surface area (Å²) in [5.41, 5.74) is 5.42. The summed E-state index contributed by atoms with van der Waals surface area (Å²) in [7, 11) is -2.35. The van der Waals surface area contributed by atoms with Crippen LogP contribution in [-0.2, 0) is 61.8 Å². The first kappa shape index (κ1) is 116. The fraction of sp³-hybridized carbons (Fsp3) is 0.546. The van der Waals surface area contributed by atoms with Crippen LogP contribution in [0.5, 0.6) is 0 Å². The topological polar surface area (TPSA) is 362 Å². The molecule has 6 heterocycles. The number of carbonyl (C=O) groups is 12. The average molecular weight is 1930 g/mol. The Bertz CT molecular complexity index is 4500. The van der Waals surface area contributed by atoms with Crippen LogP contribution in [0, 0.1) is 17.8 Å².